The first-order valence-corrected chi connectivity index (χ1v) is 11.3. The summed E-state index contributed by atoms with van der Waals surface area (Å²) in [6.45, 7) is 2.36. The van der Waals surface area contributed by atoms with Crippen LogP contribution in [0.1, 0.15) is 5.56 Å². The van der Waals surface area contributed by atoms with Crippen molar-refractivity contribution in [3.8, 4) is 0 Å². The molecule has 8 nitrogen and oxygen atoms in total. The van der Waals surface area contributed by atoms with Crippen LogP contribution in [-0.2, 0) is 25.7 Å². The smallest absolute Gasteiger partial charge is 0.270 e. The van der Waals surface area contributed by atoms with Gasteiger partial charge in [0.05, 0.1) is 18.9 Å². The van der Waals surface area contributed by atoms with Crippen molar-refractivity contribution in [1.82, 2.24) is 14.8 Å². The maximum Gasteiger partial charge on any atom is 0.270 e. The number of thiocarbonyl (C=S) groups is 1. The van der Waals surface area contributed by atoms with Gasteiger partial charge in [-0.2, -0.15) is 0 Å². The molecule has 3 aromatic rings. The molecule has 34 heavy (non-hydrogen) atoms. The van der Waals surface area contributed by atoms with Gasteiger partial charge in [-0.15, -0.1) is 0 Å². The van der Waals surface area contributed by atoms with Crippen molar-refractivity contribution in [3.05, 3.63) is 71.9 Å². The summed E-state index contributed by atoms with van der Waals surface area (Å²) in [6, 6.07) is 16.5. The van der Waals surface area contributed by atoms with E-state index in [9.17, 15) is 14.4 Å². The molecule has 1 aromatic heterocycles. The molecule has 172 valence electrons. The first kappa shape index (κ1) is 22.0. The molecular formula is C25H22N4O4S. The second-order valence-electron chi connectivity index (χ2n) is 8.02. The third-order valence-corrected chi connectivity index (χ3v) is 6.19. The molecule has 2 saturated heterocycles. The van der Waals surface area contributed by atoms with Crippen LogP contribution in [0.4, 0.5) is 5.69 Å². The Kier molecular flexibility index (Phi) is 5.95. The molecule has 0 saturated carbocycles. The summed E-state index contributed by atoms with van der Waals surface area (Å²) in [6.07, 6.45) is 3.36. The van der Waals surface area contributed by atoms with Crippen LogP contribution in [0, 0.1) is 0 Å². The number of morpholine rings is 1. The fourth-order valence-corrected chi connectivity index (χ4v) is 4.49. The SMILES string of the molecule is O=C1NC(=S)N(c2ccccc2)C(=O)/C1=C/c1cn(CC(=O)N2CCOCC2)c2ccccc12. The van der Waals surface area contributed by atoms with Crippen LogP contribution in [0.2, 0.25) is 0 Å². The van der Waals surface area contributed by atoms with Crippen LogP contribution >= 0.6 is 12.2 Å². The Labute approximate surface area is 201 Å². The summed E-state index contributed by atoms with van der Waals surface area (Å²) in [4.78, 5) is 42.0. The summed E-state index contributed by atoms with van der Waals surface area (Å²) in [5.74, 6) is -1.06. The van der Waals surface area contributed by atoms with Crippen molar-refractivity contribution in [2.24, 2.45) is 0 Å². The molecule has 2 fully saturated rings. The molecule has 1 N–H and O–H groups in total. The van der Waals surface area contributed by atoms with Crippen molar-refractivity contribution in [2.45, 2.75) is 6.54 Å². The monoisotopic (exact) mass is 474 g/mol. The zero-order chi connectivity index (χ0) is 23.7. The van der Waals surface area contributed by atoms with Gasteiger partial charge in [0, 0.05) is 35.8 Å². The number of nitrogens with one attached hydrogen (secondary N) is 1. The second kappa shape index (κ2) is 9.20. The van der Waals surface area contributed by atoms with Gasteiger partial charge in [0.25, 0.3) is 11.8 Å². The van der Waals surface area contributed by atoms with Crippen LogP contribution < -0.4 is 10.2 Å². The lowest BCUT2D eigenvalue weighted by molar-refractivity contribution is -0.135. The Morgan fingerprint density at radius 2 is 1.74 bits per heavy atom. The van der Waals surface area contributed by atoms with Gasteiger partial charge in [-0.25, -0.2) is 0 Å². The van der Waals surface area contributed by atoms with Crippen LogP contribution in [0.25, 0.3) is 17.0 Å². The number of hydrogen-bond acceptors (Lipinski definition) is 5. The minimum absolute atomic E-state index is 0.00431. The van der Waals surface area contributed by atoms with Gasteiger partial charge in [-0.05, 0) is 36.5 Å². The topological polar surface area (TPSA) is 83.9 Å². The van der Waals surface area contributed by atoms with Crippen LogP contribution in [0.5, 0.6) is 0 Å². The molecule has 2 aromatic carbocycles. The molecule has 3 amide bonds. The van der Waals surface area contributed by atoms with Crippen molar-refractivity contribution in [3.63, 3.8) is 0 Å². The van der Waals surface area contributed by atoms with Crippen molar-refractivity contribution in [2.75, 3.05) is 31.2 Å². The summed E-state index contributed by atoms with van der Waals surface area (Å²) >= 11 is 5.26. The molecule has 0 radical (unpaired) electrons. The lowest BCUT2D eigenvalue weighted by Gasteiger charge is -2.28. The maximum absolute atomic E-state index is 13.3. The minimum Gasteiger partial charge on any atom is -0.378 e. The standard InChI is InChI=1S/C25H22N4O4S/c30-22(27-10-12-33-13-11-27)16-28-15-17(19-8-4-5-9-21(19)28)14-20-23(31)26-25(34)29(24(20)32)18-6-2-1-3-7-18/h1-9,14-15H,10-13,16H2,(H,26,31,34)/b20-14+. The van der Waals surface area contributed by atoms with Crippen molar-refractivity contribution >= 4 is 57.7 Å². The number of amides is 3. The van der Waals surface area contributed by atoms with E-state index in [0.29, 0.717) is 37.6 Å². The predicted molar refractivity (Wildman–Crippen MR) is 132 cm³/mol. The van der Waals surface area contributed by atoms with Gasteiger partial charge in [0.15, 0.2) is 5.11 Å². The molecule has 0 aliphatic carbocycles. The fraction of sp³-hybridized carbons (Fsp3) is 0.200. The van der Waals surface area contributed by atoms with Crippen LogP contribution in [0.3, 0.4) is 0 Å². The third kappa shape index (κ3) is 4.11. The Morgan fingerprint density at radius 3 is 2.50 bits per heavy atom. The molecule has 5 rings (SSSR count). The number of nitrogens with zero attached hydrogens (tertiary/aromatic N) is 3. The quantitative estimate of drug-likeness (QED) is 0.357. The minimum atomic E-state index is -0.552. The van der Waals surface area contributed by atoms with Gasteiger partial charge in [0.2, 0.25) is 5.91 Å². The van der Waals surface area contributed by atoms with E-state index in [1.165, 1.54) is 4.90 Å². The molecule has 0 unspecified atom stereocenters. The van der Waals surface area contributed by atoms with Gasteiger partial charge in [0.1, 0.15) is 12.1 Å². The number of para-hydroxylation sites is 2. The molecule has 0 bridgehead atoms. The number of fused-ring (bicyclic) bond motifs is 1. The Hall–Kier alpha value is -3.82. The maximum atomic E-state index is 13.3. The van der Waals surface area contributed by atoms with Crippen molar-refractivity contribution < 1.29 is 19.1 Å². The fourth-order valence-electron chi connectivity index (χ4n) is 4.20. The van der Waals surface area contributed by atoms with E-state index in [4.69, 9.17) is 17.0 Å². The van der Waals surface area contributed by atoms with E-state index in [1.54, 1.807) is 41.4 Å². The number of benzene rings is 2. The number of anilines is 1. The van der Waals surface area contributed by atoms with Crippen LogP contribution in [-0.4, -0.2) is 58.6 Å². The number of carbonyl (C=O) groups is 3. The number of carbonyl (C=O) groups excluding carboxylic acids is 3. The number of aromatic nitrogens is 1. The average molecular weight is 475 g/mol. The van der Waals surface area contributed by atoms with Crippen molar-refractivity contribution in [1.29, 1.82) is 0 Å². The van der Waals surface area contributed by atoms with E-state index in [0.717, 1.165) is 10.9 Å². The van der Waals surface area contributed by atoms with E-state index in [-0.39, 0.29) is 23.1 Å². The Morgan fingerprint density at radius 1 is 1.03 bits per heavy atom. The highest BCUT2D eigenvalue weighted by Gasteiger charge is 2.34. The molecule has 0 atom stereocenters. The van der Waals surface area contributed by atoms with E-state index in [2.05, 4.69) is 5.32 Å². The lowest BCUT2D eigenvalue weighted by Crippen LogP contribution is -2.54. The first-order chi connectivity index (χ1) is 16.5. The molecule has 9 heteroatoms. The van der Waals surface area contributed by atoms with Gasteiger partial charge < -0.3 is 14.2 Å². The molecule has 2 aliphatic heterocycles. The van der Waals surface area contributed by atoms with E-state index < -0.39 is 11.8 Å². The van der Waals surface area contributed by atoms with Crippen LogP contribution in [0.15, 0.2) is 66.4 Å². The zero-order valence-corrected chi connectivity index (χ0v) is 19.1. The van der Waals surface area contributed by atoms with Gasteiger partial charge >= 0.3 is 0 Å². The molecule has 3 heterocycles. The second-order valence-corrected chi connectivity index (χ2v) is 8.40. The zero-order valence-electron chi connectivity index (χ0n) is 18.3. The molecule has 2 aliphatic rings. The summed E-state index contributed by atoms with van der Waals surface area (Å²) in [5.41, 5.74) is 2.06. The molecule has 0 spiro atoms. The average Bonchev–Trinajstić information content (AvgIpc) is 3.20. The highest BCUT2D eigenvalue weighted by atomic mass is 32.1. The molecular weight excluding hydrogens is 452 g/mol. The Bertz CT molecular complexity index is 1330. The first-order valence-electron chi connectivity index (χ1n) is 10.9. The number of rotatable bonds is 4. The summed E-state index contributed by atoms with van der Waals surface area (Å²) in [5, 5.41) is 3.49. The number of ether oxygens (including phenoxy) is 1. The van der Waals surface area contributed by atoms with E-state index >= 15 is 0 Å². The highest BCUT2D eigenvalue weighted by Crippen LogP contribution is 2.27. The number of hydrogen-bond donors (Lipinski definition) is 1. The largest absolute Gasteiger partial charge is 0.378 e. The summed E-state index contributed by atoms with van der Waals surface area (Å²) < 4.78 is 7.19. The highest BCUT2D eigenvalue weighted by molar-refractivity contribution is 7.80. The van der Waals surface area contributed by atoms with E-state index in [1.807, 2.05) is 34.9 Å². The third-order valence-electron chi connectivity index (χ3n) is 5.90. The van der Waals surface area contributed by atoms with Gasteiger partial charge in [-0.3, -0.25) is 24.6 Å². The predicted octanol–water partition coefficient (Wildman–Crippen LogP) is 2.33. The Balaban J connectivity index is 1.50. The summed E-state index contributed by atoms with van der Waals surface area (Å²) in [7, 11) is 0. The lowest BCUT2D eigenvalue weighted by atomic mass is 10.1. The van der Waals surface area contributed by atoms with Gasteiger partial charge in [-0.1, -0.05) is 36.4 Å². The normalized spacial score (nSPS) is 18.0.